The van der Waals surface area contributed by atoms with Crippen molar-refractivity contribution in [3.05, 3.63) is 0 Å². The zero-order valence-electron chi connectivity index (χ0n) is 9.23. The molecule has 92 valence electrons. The quantitative estimate of drug-likeness (QED) is 0.791. The van der Waals surface area contributed by atoms with Gasteiger partial charge in [0.15, 0.2) is 0 Å². The van der Waals surface area contributed by atoms with E-state index in [-0.39, 0.29) is 11.3 Å². The topological polar surface area (TPSA) is 46.2 Å². The van der Waals surface area contributed by atoms with Crippen molar-refractivity contribution in [2.24, 2.45) is 23.7 Å². The molecule has 0 spiro atoms. The highest BCUT2D eigenvalue weighted by Crippen LogP contribution is 2.58. The number of nitrogens with one attached hydrogen (secondary N) is 1. The van der Waals surface area contributed by atoms with Crippen molar-refractivity contribution >= 4 is 21.6 Å². The highest BCUT2D eigenvalue weighted by Gasteiger charge is 2.54. The van der Waals surface area contributed by atoms with Gasteiger partial charge in [0, 0.05) is 6.04 Å². The van der Waals surface area contributed by atoms with E-state index in [0.717, 1.165) is 24.2 Å². The Hall–Kier alpha value is 0.200. The number of fused-ring (bicyclic) bond motifs is 5. The van der Waals surface area contributed by atoms with Crippen LogP contribution in [-0.4, -0.2) is 19.7 Å². The Morgan fingerprint density at radius 1 is 1.12 bits per heavy atom. The number of sulfonamides is 1. The molecule has 3 nitrogen and oxygen atoms in total. The van der Waals surface area contributed by atoms with Crippen LogP contribution in [0.1, 0.15) is 32.1 Å². The van der Waals surface area contributed by atoms with E-state index in [0.29, 0.717) is 5.92 Å². The molecule has 5 heteroatoms. The number of rotatable bonds is 3. The SMILES string of the molecule is O=S(=O)(CCl)NC1CC2CC1C1CCCC21. The van der Waals surface area contributed by atoms with Gasteiger partial charge in [-0.15, -0.1) is 11.6 Å². The van der Waals surface area contributed by atoms with Crippen molar-refractivity contribution in [1.82, 2.24) is 4.72 Å². The Morgan fingerprint density at radius 2 is 1.88 bits per heavy atom. The van der Waals surface area contributed by atoms with E-state index in [1.807, 2.05) is 0 Å². The van der Waals surface area contributed by atoms with Crippen LogP contribution in [-0.2, 0) is 10.0 Å². The van der Waals surface area contributed by atoms with Gasteiger partial charge in [0.25, 0.3) is 0 Å². The lowest BCUT2D eigenvalue weighted by molar-refractivity contribution is 0.224. The lowest BCUT2D eigenvalue weighted by atomic mass is 9.79. The Bertz CT molecular complexity index is 383. The van der Waals surface area contributed by atoms with Crippen LogP contribution < -0.4 is 4.72 Å². The monoisotopic (exact) mass is 263 g/mol. The van der Waals surface area contributed by atoms with Crippen LogP contribution in [0.15, 0.2) is 0 Å². The fourth-order valence-electron chi connectivity index (χ4n) is 4.47. The van der Waals surface area contributed by atoms with Gasteiger partial charge in [-0.1, -0.05) is 6.42 Å². The number of hydrogen-bond donors (Lipinski definition) is 1. The fraction of sp³-hybridized carbons (Fsp3) is 1.00. The Labute approximate surface area is 102 Å². The first-order chi connectivity index (χ1) is 7.61. The van der Waals surface area contributed by atoms with Crippen molar-refractivity contribution in [3.63, 3.8) is 0 Å². The molecule has 0 aromatic carbocycles. The first-order valence-electron chi connectivity index (χ1n) is 6.16. The molecule has 0 saturated heterocycles. The maximum Gasteiger partial charge on any atom is 0.225 e. The lowest BCUT2D eigenvalue weighted by Gasteiger charge is -2.31. The highest BCUT2D eigenvalue weighted by molar-refractivity contribution is 7.90. The van der Waals surface area contributed by atoms with Gasteiger partial charge in [-0.2, -0.15) is 0 Å². The van der Waals surface area contributed by atoms with Crippen molar-refractivity contribution < 1.29 is 8.42 Å². The molecule has 3 fully saturated rings. The number of halogens is 1. The standard InChI is InChI=1S/C11H18ClNO2S/c12-6-16(14,15)13-11-5-7-4-10(11)9-3-1-2-8(7)9/h7-11,13H,1-6H2. The molecule has 5 atom stereocenters. The molecule has 0 aliphatic heterocycles. The summed E-state index contributed by atoms with van der Waals surface area (Å²) in [4.78, 5) is 0. The van der Waals surface area contributed by atoms with Gasteiger partial charge in [-0.25, -0.2) is 13.1 Å². The Morgan fingerprint density at radius 3 is 2.62 bits per heavy atom. The third kappa shape index (κ3) is 1.70. The third-order valence-corrected chi connectivity index (χ3v) is 6.71. The van der Waals surface area contributed by atoms with Crippen LogP contribution in [0, 0.1) is 23.7 Å². The maximum atomic E-state index is 11.5. The normalized spacial score (nSPS) is 46.2. The summed E-state index contributed by atoms with van der Waals surface area (Å²) in [6, 6.07) is 0.174. The summed E-state index contributed by atoms with van der Waals surface area (Å²) in [5.41, 5.74) is 0. The first kappa shape index (κ1) is 11.3. The fourth-order valence-corrected chi connectivity index (χ4v) is 5.45. The summed E-state index contributed by atoms with van der Waals surface area (Å²) in [6.07, 6.45) is 6.32. The minimum absolute atomic E-state index is 0.174. The molecule has 16 heavy (non-hydrogen) atoms. The van der Waals surface area contributed by atoms with E-state index in [2.05, 4.69) is 4.72 Å². The summed E-state index contributed by atoms with van der Waals surface area (Å²) in [5, 5.41) is -0.311. The molecule has 3 aliphatic rings. The maximum absolute atomic E-state index is 11.5. The Balaban J connectivity index is 1.73. The van der Waals surface area contributed by atoms with Crippen LogP contribution in [0.4, 0.5) is 0 Å². The van der Waals surface area contributed by atoms with Crippen LogP contribution >= 0.6 is 11.6 Å². The highest BCUT2D eigenvalue weighted by atomic mass is 35.5. The largest absolute Gasteiger partial charge is 0.225 e. The predicted octanol–water partition coefficient (Wildman–Crippen LogP) is 1.93. The summed E-state index contributed by atoms with van der Waals surface area (Å²) < 4.78 is 25.8. The zero-order chi connectivity index (χ0) is 11.3. The minimum atomic E-state index is -3.24. The average molecular weight is 264 g/mol. The molecule has 1 N–H and O–H groups in total. The molecular formula is C11H18ClNO2S. The number of hydrogen-bond acceptors (Lipinski definition) is 2. The van der Waals surface area contributed by atoms with Crippen molar-refractivity contribution in [1.29, 1.82) is 0 Å². The predicted molar refractivity (Wildman–Crippen MR) is 63.6 cm³/mol. The van der Waals surface area contributed by atoms with Crippen LogP contribution in [0.5, 0.6) is 0 Å². The number of alkyl halides is 1. The van der Waals surface area contributed by atoms with E-state index in [1.165, 1.54) is 25.7 Å². The molecule has 2 bridgehead atoms. The van der Waals surface area contributed by atoms with E-state index >= 15 is 0 Å². The smallest absolute Gasteiger partial charge is 0.211 e. The van der Waals surface area contributed by atoms with Crippen LogP contribution in [0.3, 0.4) is 0 Å². The molecule has 0 heterocycles. The van der Waals surface area contributed by atoms with Gasteiger partial charge in [0.1, 0.15) is 5.21 Å². The zero-order valence-corrected chi connectivity index (χ0v) is 10.8. The molecular weight excluding hydrogens is 246 g/mol. The molecule has 5 unspecified atom stereocenters. The van der Waals surface area contributed by atoms with Crippen molar-refractivity contribution in [2.75, 3.05) is 5.21 Å². The van der Waals surface area contributed by atoms with Gasteiger partial charge < -0.3 is 0 Å². The van der Waals surface area contributed by atoms with Gasteiger partial charge in [0.2, 0.25) is 10.0 Å². The molecule has 3 saturated carbocycles. The second-order valence-corrected chi connectivity index (χ2v) is 7.94. The summed E-state index contributed by atoms with van der Waals surface area (Å²) in [7, 11) is -3.24. The van der Waals surface area contributed by atoms with Crippen LogP contribution in [0.2, 0.25) is 0 Å². The Kier molecular flexibility index (Phi) is 2.72. The summed E-state index contributed by atoms with van der Waals surface area (Å²) in [6.45, 7) is 0. The minimum Gasteiger partial charge on any atom is -0.211 e. The van der Waals surface area contributed by atoms with Crippen LogP contribution in [0.25, 0.3) is 0 Å². The molecule has 3 aliphatic carbocycles. The third-order valence-electron chi connectivity index (χ3n) is 4.90. The molecule has 0 aromatic rings. The first-order valence-corrected chi connectivity index (χ1v) is 8.35. The van der Waals surface area contributed by atoms with E-state index in [1.54, 1.807) is 0 Å². The molecule has 0 radical (unpaired) electrons. The lowest BCUT2D eigenvalue weighted by Crippen LogP contribution is -2.42. The van der Waals surface area contributed by atoms with Crippen molar-refractivity contribution in [2.45, 2.75) is 38.1 Å². The second kappa shape index (κ2) is 3.85. The van der Waals surface area contributed by atoms with E-state index in [9.17, 15) is 8.42 Å². The average Bonchev–Trinajstić information content (AvgIpc) is 2.85. The van der Waals surface area contributed by atoms with Gasteiger partial charge in [-0.05, 0) is 49.4 Å². The van der Waals surface area contributed by atoms with Gasteiger partial charge in [0.05, 0.1) is 0 Å². The summed E-state index contributed by atoms with van der Waals surface area (Å²) in [5.74, 6) is 3.07. The van der Waals surface area contributed by atoms with E-state index < -0.39 is 10.0 Å². The molecule has 0 aromatic heterocycles. The van der Waals surface area contributed by atoms with Gasteiger partial charge in [-0.3, -0.25) is 0 Å². The summed E-state index contributed by atoms with van der Waals surface area (Å²) >= 11 is 5.43. The molecule has 0 amide bonds. The second-order valence-electron chi connectivity index (χ2n) is 5.60. The van der Waals surface area contributed by atoms with Crippen molar-refractivity contribution in [3.8, 4) is 0 Å². The van der Waals surface area contributed by atoms with Gasteiger partial charge >= 0.3 is 0 Å². The van der Waals surface area contributed by atoms with E-state index in [4.69, 9.17) is 11.6 Å². The molecule has 3 rings (SSSR count).